The zero-order valence-corrected chi connectivity index (χ0v) is 8.16. The lowest BCUT2D eigenvalue weighted by Crippen LogP contribution is -1.76. The van der Waals surface area contributed by atoms with Gasteiger partial charge in [0.15, 0.2) is 5.69 Å². The standard InChI is InChI=1S/C8H4IN3/c9-5-2-1-3-6-8(5)7(4-10)12-11-6/h1-3H,(H,11,12). The van der Waals surface area contributed by atoms with Crippen LogP contribution in [0.25, 0.3) is 10.9 Å². The number of nitriles is 1. The first-order chi connectivity index (χ1) is 5.83. The van der Waals surface area contributed by atoms with Crippen LogP contribution in [-0.2, 0) is 0 Å². The van der Waals surface area contributed by atoms with E-state index in [9.17, 15) is 0 Å². The summed E-state index contributed by atoms with van der Waals surface area (Å²) in [5.41, 5.74) is 1.38. The monoisotopic (exact) mass is 269 g/mol. The molecule has 0 saturated heterocycles. The Kier molecular flexibility index (Phi) is 1.73. The van der Waals surface area contributed by atoms with Gasteiger partial charge in [-0.25, -0.2) is 0 Å². The Morgan fingerprint density at radius 1 is 1.50 bits per heavy atom. The molecule has 1 N–H and O–H groups in total. The molecule has 4 heteroatoms. The summed E-state index contributed by atoms with van der Waals surface area (Å²) in [5.74, 6) is 0. The highest BCUT2D eigenvalue weighted by atomic mass is 127. The van der Waals surface area contributed by atoms with Gasteiger partial charge in [-0.1, -0.05) is 6.07 Å². The van der Waals surface area contributed by atoms with Crippen LogP contribution >= 0.6 is 22.6 Å². The van der Waals surface area contributed by atoms with Gasteiger partial charge in [0.25, 0.3) is 0 Å². The van der Waals surface area contributed by atoms with Crippen molar-refractivity contribution >= 4 is 33.5 Å². The summed E-state index contributed by atoms with van der Waals surface area (Å²) >= 11 is 2.19. The summed E-state index contributed by atoms with van der Waals surface area (Å²) in [7, 11) is 0. The Balaban J connectivity index is 2.95. The maximum absolute atomic E-state index is 8.71. The molecule has 12 heavy (non-hydrogen) atoms. The highest BCUT2D eigenvalue weighted by molar-refractivity contribution is 14.1. The molecule has 0 aliphatic carbocycles. The molecular weight excluding hydrogens is 265 g/mol. The van der Waals surface area contributed by atoms with Crippen LogP contribution in [0.1, 0.15) is 5.69 Å². The Morgan fingerprint density at radius 3 is 3.08 bits per heavy atom. The van der Waals surface area contributed by atoms with E-state index in [-0.39, 0.29) is 0 Å². The molecule has 0 spiro atoms. The van der Waals surface area contributed by atoms with Gasteiger partial charge in [-0.15, -0.1) is 0 Å². The van der Waals surface area contributed by atoms with Crippen molar-refractivity contribution in [3.05, 3.63) is 27.5 Å². The zero-order chi connectivity index (χ0) is 8.55. The number of hydrogen-bond donors (Lipinski definition) is 1. The van der Waals surface area contributed by atoms with E-state index in [1.165, 1.54) is 0 Å². The maximum Gasteiger partial charge on any atom is 0.171 e. The second-order valence-electron chi connectivity index (χ2n) is 2.35. The first-order valence-electron chi connectivity index (χ1n) is 3.35. The average molecular weight is 269 g/mol. The Hall–Kier alpha value is -1.09. The van der Waals surface area contributed by atoms with Crippen LogP contribution < -0.4 is 0 Å². The minimum absolute atomic E-state index is 0.468. The first kappa shape index (κ1) is 7.55. The van der Waals surface area contributed by atoms with Gasteiger partial charge in [0, 0.05) is 3.57 Å². The highest BCUT2D eigenvalue weighted by Gasteiger charge is 2.06. The quantitative estimate of drug-likeness (QED) is 0.744. The van der Waals surface area contributed by atoms with Crippen molar-refractivity contribution < 1.29 is 0 Å². The number of benzene rings is 1. The molecule has 0 aliphatic rings. The van der Waals surface area contributed by atoms with Gasteiger partial charge < -0.3 is 0 Å². The predicted octanol–water partition coefficient (Wildman–Crippen LogP) is 2.04. The number of H-pyrrole nitrogens is 1. The second-order valence-corrected chi connectivity index (χ2v) is 3.51. The van der Waals surface area contributed by atoms with E-state index in [2.05, 4.69) is 32.8 Å². The number of halogens is 1. The Morgan fingerprint density at radius 2 is 2.33 bits per heavy atom. The fourth-order valence-electron chi connectivity index (χ4n) is 1.11. The van der Waals surface area contributed by atoms with E-state index >= 15 is 0 Å². The topological polar surface area (TPSA) is 52.5 Å². The molecule has 2 aromatic rings. The smallest absolute Gasteiger partial charge is 0.171 e. The van der Waals surface area contributed by atoms with Gasteiger partial charge in [0.05, 0.1) is 10.9 Å². The van der Waals surface area contributed by atoms with Crippen LogP contribution in [0, 0.1) is 14.9 Å². The number of nitrogens with zero attached hydrogens (tertiary/aromatic N) is 2. The van der Waals surface area contributed by atoms with Crippen LogP contribution in [0.3, 0.4) is 0 Å². The summed E-state index contributed by atoms with van der Waals surface area (Å²) in [5, 5.41) is 16.3. The fourth-order valence-corrected chi connectivity index (χ4v) is 1.86. The number of rotatable bonds is 0. The van der Waals surface area contributed by atoms with E-state index in [1.54, 1.807) is 0 Å². The molecule has 1 aromatic heterocycles. The normalized spacial score (nSPS) is 10.0. The molecule has 0 aliphatic heterocycles. The van der Waals surface area contributed by atoms with Crippen LogP contribution in [-0.4, -0.2) is 10.2 Å². The summed E-state index contributed by atoms with van der Waals surface area (Å²) < 4.78 is 1.05. The maximum atomic E-state index is 8.71. The average Bonchev–Trinajstić information content (AvgIpc) is 2.49. The zero-order valence-electron chi connectivity index (χ0n) is 6.00. The highest BCUT2D eigenvalue weighted by Crippen LogP contribution is 2.21. The molecule has 1 heterocycles. The second kappa shape index (κ2) is 2.75. The van der Waals surface area contributed by atoms with Crippen molar-refractivity contribution in [1.82, 2.24) is 10.2 Å². The number of hydrogen-bond acceptors (Lipinski definition) is 2. The number of nitrogens with one attached hydrogen (secondary N) is 1. The molecule has 58 valence electrons. The molecule has 0 unspecified atom stereocenters. The third-order valence-electron chi connectivity index (χ3n) is 1.64. The number of fused-ring (bicyclic) bond motifs is 1. The lowest BCUT2D eigenvalue weighted by Gasteiger charge is -1.90. The van der Waals surface area contributed by atoms with Gasteiger partial charge in [0.1, 0.15) is 6.07 Å². The summed E-state index contributed by atoms with van der Waals surface area (Å²) in [4.78, 5) is 0. The Labute approximate surface area is 82.5 Å². The van der Waals surface area contributed by atoms with Crippen molar-refractivity contribution in [3.63, 3.8) is 0 Å². The molecule has 0 saturated carbocycles. The summed E-state index contributed by atoms with van der Waals surface area (Å²) in [6, 6.07) is 7.84. The van der Waals surface area contributed by atoms with Gasteiger partial charge in [-0.05, 0) is 34.7 Å². The van der Waals surface area contributed by atoms with Gasteiger partial charge in [0.2, 0.25) is 0 Å². The van der Waals surface area contributed by atoms with Crippen LogP contribution in [0.2, 0.25) is 0 Å². The summed E-state index contributed by atoms with van der Waals surface area (Å²) in [6.45, 7) is 0. The minimum Gasteiger partial charge on any atom is -0.276 e. The number of aromatic amines is 1. The largest absolute Gasteiger partial charge is 0.276 e. The van der Waals surface area contributed by atoms with Crippen molar-refractivity contribution in [2.45, 2.75) is 0 Å². The molecule has 2 rings (SSSR count). The molecule has 0 bridgehead atoms. The third kappa shape index (κ3) is 0.975. The molecule has 3 nitrogen and oxygen atoms in total. The first-order valence-corrected chi connectivity index (χ1v) is 4.43. The van der Waals surface area contributed by atoms with E-state index in [0.717, 1.165) is 14.5 Å². The van der Waals surface area contributed by atoms with Crippen LogP contribution in [0.5, 0.6) is 0 Å². The lowest BCUT2D eigenvalue weighted by atomic mass is 10.2. The van der Waals surface area contributed by atoms with Crippen molar-refractivity contribution in [1.29, 1.82) is 5.26 Å². The van der Waals surface area contributed by atoms with E-state index in [1.807, 2.05) is 24.3 Å². The predicted molar refractivity (Wildman–Crippen MR) is 53.5 cm³/mol. The molecule has 0 radical (unpaired) electrons. The third-order valence-corrected chi connectivity index (χ3v) is 2.54. The summed E-state index contributed by atoms with van der Waals surface area (Å²) in [6.07, 6.45) is 0. The van der Waals surface area contributed by atoms with Crippen molar-refractivity contribution in [2.24, 2.45) is 0 Å². The molecule has 1 aromatic carbocycles. The molecule has 0 fully saturated rings. The minimum atomic E-state index is 0.468. The Bertz CT molecular complexity index is 467. The lowest BCUT2D eigenvalue weighted by molar-refractivity contribution is 1.10. The SMILES string of the molecule is N#Cc1n[nH]c2cccc(I)c12. The van der Waals surface area contributed by atoms with Crippen molar-refractivity contribution in [3.8, 4) is 6.07 Å². The molecule has 0 atom stereocenters. The van der Waals surface area contributed by atoms with E-state index in [4.69, 9.17) is 5.26 Å². The van der Waals surface area contributed by atoms with Gasteiger partial charge in [-0.3, -0.25) is 5.10 Å². The van der Waals surface area contributed by atoms with Crippen LogP contribution in [0.15, 0.2) is 18.2 Å². The van der Waals surface area contributed by atoms with Gasteiger partial charge >= 0.3 is 0 Å². The number of aromatic nitrogens is 2. The van der Waals surface area contributed by atoms with Gasteiger partial charge in [-0.2, -0.15) is 10.4 Å². The van der Waals surface area contributed by atoms with Crippen molar-refractivity contribution in [2.75, 3.05) is 0 Å². The van der Waals surface area contributed by atoms with E-state index in [0.29, 0.717) is 5.69 Å². The van der Waals surface area contributed by atoms with E-state index < -0.39 is 0 Å². The molecule has 0 amide bonds. The molecular formula is C8H4IN3. The van der Waals surface area contributed by atoms with Crippen LogP contribution in [0.4, 0.5) is 0 Å². The fraction of sp³-hybridized carbons (Fsp3) is 0.